The van der Waals surface area contributed by atoms with Gasteiger partial charge in [-0.1, -0.05) is 6.92 Å². The first-order chi connectivity index (χ1) is 7.19. The van der Waals surface area contributed by atoms with Gasteiger partial charge in [0, 0.05) is 24.5 Å². The summed E-state index contributed by atoms with van der Waals surface area (Å²) in [5.41, 5.74) is 6.87. The highest BCUT2D eigenvalue weighted by molar-refractivity contribution is 5.95. The lowest BCUT2D eigenvalue weighted by atomic mass is 10.1. The summed E-state index contributed by atoms with van der Waals surface area (Å²) in [6.07, 6.45) is 2.51. The lowest BCUT2D eigenvalue weighted by Gasteiger charge is -2.15. The number of hydrogen-bond acceptors (Lipinski definition) is 3. The van der Waals surface area contributed by atoms with Gasteiger partial charge < -0.3 is 11.1 Å². The quantitative estimate of drug-likeness (QED) is 0.769. The Labute approximate surface area is 89.9 Å². The van der Waals surface area contributed by atoms with Gasteiger partial charge >= 0.3 is 0 Å². The molecule has 0 bridgehead atoms. The highest BCUT2D eigenvalue weighted by Gasteiger charge is 2.12. The first kappa shape index (κ1) is 11.7. The second-order valence-corrected chi connectivity index (χ2v) is 3.45. The number of hydrogen-bond donors (Lipinski definition) is 2. The van der Waals surface area contributed by atoms with Crippen LogP contribution >= 0.6 is 0 Å². The van der Waals surface area contributed by atoms with Gasteiger partial charge in [-0.25, -0.2) is 0 Å². The number of carbonyl (C=O) groups is 1. The molecule has 3 N–H and O–H groups in total. The molecule has 15 heavy (non-hydrogen) atoms. The van der Waals surface area contributed by atoms with Crippen LogP contribution < -0.4 is 11.1 Å². The maximum absolute atomic E-state index is 11.8. The summed E-state index contributed by atoms with van der Waals surface area (Å²) in [5, 5.41) is 2.87. The molecule has 1 atom stereocenters. The Balaban J connectivity index is 2.73. The molecule has 82 valence electrons. The van der Waals surface area contributed by atoms with Crippen LogP contribution in [0.25, 0.3) is 0 Å². The van der Waals surface area contributed by atoms with E-state index in [9.17, 15) is 4.79 Å². The first-order valence-corrected chi connectivity index (χ1v) is 5.11. The van der Waals surface area contributed by atoms with Crippen molar-refractivity contribution in [2.45, 2.75) is 26.3 Å². The van der Waals surface area contributed by atoms with Gasteiger partial charge in [0.2, 0.25) is 0 Å². The summed E-state index contributed by atoms with van der Waals surface area (Å²) in [4.78, 5) is 15.9. The Morgan fingerprint density at radius 3 is 2.93 bits per heavy atom. The molecule has 0 aliphatic heterocycles. The van der Waals surface area contributed by atoms with Crippen LogP contribution in [0.2, 0.25) is 0 Å². The number of aromatic nitrogens is 1. The van der Waals surface area contributed by atoms with Crippen LogP contribution in [-0.2, 0) is 0 Å². The van der Waals surface area contributed by atoms with E-state index in [1.807, 2.05) is 13.8 Å². The van der Waals surface area contributed by atoms with Crippen molar-refractivity contribution >= 4 is 5.91 Å². The second kappa shape index (κ2) is 5.46. The molecule has 0 fully saturated rings. The van der Waals surface area contributed by atoms with E-state index >= 15 is 0 Å². The Morgan fingerprint density at radius 1 is 1.67 bits per heavy atom. The molecule has 1 heterocycles. The van der Waals surface area contributed by atoms with Crippen LogP contribution in [0.4, 0.5) is 0 Å². The number of rotatable bonds is 4. The van der Waals surface area contributed by atoms with E-state index < -0.39 is 0 Å². The molecule has 1 unspecified atom stereocenters. The molecule has 0 spiro atoms. The van der Waals surface area contributed by atoms with Crippen LogP contribution in [-0.4, -0.2) is 23.5 Å². The molecule has 0 radical (unpaired) electrons. The van der Waals surface area contributed by atoms with Gasteiger partial charge in [-0.2, -0.15) is 0 Å². The average Bonchev–Trinajstić information content (AvgIpc) is 2.26. The van der Waals surface area contributed by atoms with Crippen molar-refractivity contribution in [1.82, 2.24) is 10.3 Å². The van der Waals surface area contributed by atoms with Crippen molar-refractivity contribution in [3.05, 3.63) is 29.6 Å². The molecular formula is C11H17N3O. The molecule has 1 amide bonds. The lowest BCUT2D eigenvalue weighted by molar-refractivity contribution is 0.0936. The summed E-state index contributed by atoms with van der Waals surface area (Å²) in [7, 11) is 0. The van der Waals surface area contributed by atoms with E-state index in [1.54, 1.807) is 18.3 Å². The number of nitrogens with zero attached hydrogens (tertiary/aromatic N) is 1. The Morgan fingerprint density at radius 2 is 2.40 bits per heavy atom. The number of amides is 1. The molecule has 4 nitrogen and oxygen atoms in total. The van der Waals surface area contributed by atoms with E-state index in [0.717, 1.165) is 12.1 Å². The predicted molar refractivity (Wildman–Crippen MR) is 59.6 cm³/mol. The fourth-order valence-corrected chi connectivity index (χ4v) is 1.32. The van der Waals surface area contributed by atoms with Crippen molar-refractivity contribution in [2.24, 2.45) is 5.73 Å². The monoisotopic (exact) mass is 207 g/mol. The first-order valence-electron chi connectivity index (χ1n) is 5.11. The standard InChI is InChI=1S/C11H17N3O/c1-3-9(7-12)14-11(15)10-5-4-6-13-8(10)2/h4-6,9H,3,7,12H2,1-2H3,(H,14,15). The minimum Gasteiger partial charge on any atom is -0.348 e. The number of carbonyl (C=O) groups excluding carboxylic acids is 1. The van der Waals surface area contributed by atoms with Gasteiger partial charge in [0.15, 0.2) is 0 Å². The average molecular weight is 207 g/mol. The molecule has 1 rings (SSSR count). The maximum Gasteiger partial charge on any atom is 0.253 e. The summed E-state index contributed by atoms with van der Waals surface area (Å²) in [6, 6.07) is 3.56. The molecule has 0 aromatic carbocycles. The molecule has 4 heteroatoms. The Hall–Kier alpha value is -1.42. The number of pyridine rings is 1. The molecule has 0 aliphatic carbocycles. The van der Waals surface area contributed by atoms with Crippen molar-refractivity contribution in [3.8, 4) is 0 Å². The van der Waals surface area contributed by atoms with E-state index in [2.05, 4.69) is 10.3 Å². The molecule has 0 saturated carbocycles. The number of aryl methyl sites for hydroxylation is 1. The van der Waals surface area contributed by atoms with E-state index in [4.69, 9.17) is 5.73 Å². The van der Waals surface area contributed by atoms with Crippen molar-refractivity contribution in [3.63, 3.8) is 0 Å². The van der Waals surface area contributed by atoms with Crippen LogP contribution in [0.1, 0.15) is 29.4 Å². The van der Waals surface area contributed by atoms with Crippen LogP contribution in [0.3, 0.4) is 0 Å². The lowest BCUT2D eigenvalue weighted by Crippen LogP contribution is -2.39. The maximum atomic E-state index is 11.8. The minimum atomic E-state index is -0.0992. The van der Waals surface area contributed by atoms with Gasteiger partial charge in [-0.05, 0) is 25.5 Å². The summed E-state index contributed by atoms with van der Waals surface area (Å²) in [6.45, 7) is 4.27. The van der Waals surface area contributed by atoms with Gasteiger partial charge in [-0.3, -0.25) is 9.78 Å². The molecule has 0 aliphatic rings. The fraction of sp³-hybridized carbons (Fsp3) is 0.455. The zero-order valence-electron chi connectivity index (χ0n) is 9.16. The zero-order valence-corrected chi connectivity index (χ0v) is 9.16. The number of nitrogens with two attached hydrogens (primary N) is 1. The third-order valence-electron chi connectivity index (χ3n) is 2.36. The second-order valence-electron chi connectivity index (χ2n) is 3.45. The Kier molecular flexibility index (Phi) is 4.24. The predicted octanol–water partition coefficient (Wildman–Crippen LogP) is 0.857. The highest BCUT2D eigenvalue weighted by Crippen LogP contribution is 2.04. The molecule has 1 aromatic heterocycles. The molecule has 1 aromatic rings. The smallest absolute Gasteiger partial charge is 0.253 e. The van der Waals surface area contributed by atoms with Gasteiger partial charge in [0.05, 0.1) is 5.56 Å². The van der Waals surface area contributed by atoms with Crippen LogP contribution in [0.5, 0.6) is 0 Å². The largest absolute Gasteiger partial charge is 0.348 e. The van der Waals surface area contributed by atoms with Crippen molar-refractivity contribution < 1.29 is 4.79 Å². The van der Waals surface area contributed by atoms with Gasteiger partial charge in [-0.15, -0.1) is 0 Å². The Bertz CT molecular complexity index is 334. The normalized spacial score (nSPS) is 12.2. The molecule has 0 saturated heterocycles. The van der Waals surface area contributed by atoms with E-state index in [1.165, 1.54) is 0 Å². The molecular weight excluding hydrogens is 190 g/mol. The zero-order chi connectivity index (χ0) is 11.3. The highest BCUT2D eigenvalue weighted by atomic mass is 16.1. The van der Waals surface area contributed by atoms with Crippen LogP contribution in [0, 0.1) is 6.92 Å². The summed E-state index contributed by atoms with van der Waals surface area (Å²) < 4.78 is 0. The third-order valence-corrected chi connectivity index (χ3v) is 2.36. The topological polar surface area (TPSA) is 68.0 Å². The third kappa shape index (κ3) is 3.02. The van der Waals surface area contributed by atoms with Crippen LogP contribution in [0.15, 0.2) is 18.3 Å². The SMILES string of the molecule is CCC(CN)NC(=O)c1cccnc1C. The number of nitrogens with one attached hydrogen (secondary N) is 1. The summed E-state index contributed by atoms with van der Waals surface area (Å²) >= 11 is 0. The van der Waals surface area contributed by atoms with Crippen molar-refractivity contribution in [1.29, 1.82) is 0 Å². The van der Waals surface area contributed by atoms with E-state index in [-0.39, 0.29) is 11.9 Å². The van der Waals surface area contributed by atoms with Crippen molar-refractivity contribution in [2.75, 3.05) is 6.54 Å². The van der Waals surface area contributed by atoms with Gasteiger partial charge in [0.1, 0.15) is 0 Å². The fourth-order valence-electron chi connectivity index (χ4n) is 1.32. The van der Waals surface area contributed by atoms with Gasteiger partial charge in [0.25, 0.3) is 5.91 Å². The minimum absolute atomic E-state index is 0.0390. The summed E-state index contributed by atoms with van der Waals surface area (Å²) in [5.74, 6) is -0.0992. The van der Waals surface area contributed by atoms with E-state index in [0.29, 0.717) is 12.1 Å².